The molecule has 0 unspecified atom stereocenters. The summed E-state index contributed by atoms with van der Waals surface area (Å²) in [6, 6.07) is 10.4. The number of phenolic OH excluding ortho intramolecular Hbond substituents is 1. The molecule has 3 rings (SSSR count). The maximum absolute atomic E-state index is 12.8. The van der Waals surface area contributed by atoms with E-state index in [0.29, 0.717) is 40.3 Å². The van der Waals surface area contributed by atoms with Gasteiger partial charge in [-0.1, -0.05) is 13.8 Å². The SMILES string of the molecule is CCN(CC)Cc1c(O)ccc2cc(-c3cc(OC)ccc3OC)c(=O)oc12. The number of benzene rings is 2. The van der Waals surface area contributed by atoms with Gasteiger partial charge in [0.2, 0.25) is 0 Å². The Morgan fingerprint density at radius 2 is 1.75 bits per heavy atom. The van der Waals surface area contributed by atoms with Crippen molar-refractivity contribution in [2.45, 2.75) is 20.4 Å². The van der Waals surface area contributed by atoms with Crippen molar-refractivity contribution in [1.82, 2.24) is 4.90 Å². The maximum atomic E-state index is 12.8. The molecule has 148 valence electrons. The molecule has 0 radical (unpaired) electrons. The van der Waals surface area contributed by atoms with Gasteiger partial charge in [-0.15, -0.1) is 0 Å². The Morgan fingerprint density at radius 1 is 1.00 bits per heavy atom. The third-order valence-corrected chi connectivity index (χ3v) is 4.95. The van der Waals surface area contributed by atoms with Crippen molar-refractivity contribution in [2.75, 3.05) is 27.3 Å². The third-order valence-electron chi connectivity index (χ3n) is 4.95. The first-order chi connectivity index (χ1) is 13.5. The lowest BCUT2D eigenvalue weighted by molar-refractivity contribution is 0.290. The Kier molecular flexibility index (Phi) is 5.90. The van der Waals surface area contributed by atoms with E-state index in [9.17, 15) is 9.90 Å². The van der Waals surface area contributed by atoms with Gasteiger partial charge in [-0.05, 0) is 49.5 Å². The number of phenols is 1. The monoisotopic (exact) mass is 383 g/mol. The smallest absolute Gasteiger partial charge is 0.344 e. The number of hydrogen-bond acceptors (Lipinski definition) is 6. The van der Waals surface area contributed by atoms with Crippen LogP contribution in [0.3, 0.4) is 0 Å². The molecule has 1 N–H and O–H groups in total. The third kappa shape index (κ3) is 3.68. The quantitative estimate of drug-likeness (QED) is 0.621. The summed E-state index contributed by atoms with van der Waals surface area (Å²) in [5.41, 5.74) is 1.49. The summed E-state index contributed by atoms with van der Waals surface area (Å²) < 4.78 is 16.4. The summed E-state index contributed by atoms with van der Waals surface area (Å²) in [6.45, 7) is 6.26. The van der Waals surface area contributed by atoms with Crippen LogP contribution >= 0.6 is 0 Å². The van der Waals surface area contributed by atoms with E-state index in [0.717, 1.165) is 18.5 Å². The highest BCUT2D eigenvalue weighted by Gasteiger charge is 2.18. The Morgan fingerprint density at radius 3 is 2.39 bits per heavy atom. The fraction of sp³-hybridized carbons (Fsp3) is 0.318. The molecule has 0 amide bonds. The summed E-state index contributed by atoms with van der Waals surface area (Å²) in [7, 11) is 3.12. The van der Waals surface area contributed by atoms with E-state index in [1.807, 2.05) is 0 Å². The van der Waals surface area contributed by atoms with Crippen LogP contribution in [-0.2, 0) is 6.54 Å². The van der Waals surface area contributed by atoms with Gasteiger partial charge in [-0.25, -0.2) is 4.79 Å². The minimum atomic E-state index is -0.495. The number of methoxy groups -OCH3 is 2. The number of hydrogen-bond donors (Lipinski definition) is 1. The van der Waals surface area contributed by atoms with E-state index < -0.39 is 5.63 Å². The number of rotatable bonds is 7. The van der Waals surface area contributed by atoms with Crippen molar-refractivity contribution >= 4 is 11.0 Å². The van der Waals surface area contributed by atoms with Crippen LogP contribution in [0.2, 0.25) is 0 Å². The molecule has 0 aliphatic heterocycles. The van der Waals surface area contributed by atoms with Crippen LogP contribution < -0.4 is 15.1 Å². The van der Waals surface area contributed by atoms with Crippen LogP contribution in [0.5, 0.6) is 17.2 Å². The second-order valence-electron chi connectivity index (χ2n) is 6.46. The zero-order chi connectivity index (χ0) is 20.3. The molecule has 0 aliphatic carbocycles. The van der Waals surface area contributed by atoms with Gasteiger partial charge in [-0.2, -0.15) is 0 Å². The molecule has 6 nitrogen and oxygen atoms in total. The van der Waals surface area contributed by atoms with Crippen molar-refractivity contribution in [2.24, 2.45) is 0 Å². The fourth-order valence-corrected chi connectivity index (χ4v) is 3.27. The van der Waals surface area contributed by atoms with Gasteiger partial charge >= 0.3 is 5.63 Å². The van der Waals surface area contributed by atoms with Crippen LogP contribution in [0, 0.1) is 0 Å². The molecule has 1 heterocycles. The molecule has 0 bridgehead atoms. The summed E-state index contributed by atoms with van der Waals surface area (Å²) >= 11 is 0. The van der Waals surface area contributed by atoms with E-state index in [4.69, 9.17) is 13.9 Å². The van der Waals surface area contributed by atoms with Gasteiger partial charge in [0, 0.05) is 17.5 Å². The topological polar surface area (TPSA) is 72.1 Å². The van der Waals surface area contributed by atoms with Gasteiger partial charge in [0.1, 0.15) is 22.8 Å². The number of aromatic hydroxyl groups is 1. The molecule has 6 heteroatoms. The Labute approximate surface area is 163 Å². The van der Waals surface area contributed by atoms with Crippen LogP contribution in [-0.4, -0.2) is 37.3 Å². The Hall–Kier alpha value is -2.99. The van der Waals surface area contributed by atoms with Gasteiger partial charge in [0.25, 0.3) is 0 Å². The first-order valence-corrected chi connectivity index (χ1v) is 9.25. The molecule has 1 aromatic heterocycles. The Balaban J connectivity index is 2.20. The van der Waals surface area contributed by atoms with Crippen molar-refractivity contribution in [3.8, 4) is 28.4 Å². The van der Waals surface area contributed by atoms with E-state index in [1.54, 1.807) is 50.6 Å². The van der Waals surface area contributed by atoms with Crippen LogP contribution in [0.15, 0.2) is 45.6 Å². The van der Waals surface area contributed by atoms with Crippen LogP contribution in [0.4, 0.5) is 0 Å². The van der Waals surface area contributed by atoms with E-state index in [2.05, 4.69) is 18.7 Å². The van der Waals surface area contributed by atoms with Crippen LogP contribution in [0.25, 0.3) is 22.1 Å². The summed E-state index contributed by atoms with van der Waals surface area (Å²) in [5, 5.41) is 11.1. The number of nitrogens with zero attached hydrogens (tertiary/aromatic N) is 1. The van der Waals surface area contributed by atoms with E-state index in [1.165, 1.54) is 0 Å². The summed E-state index contributed by atoms with van der Waals surface area (Å²) in [4.78, 5) is 15.0. The molecule has 0 aliphatic rings. The van der Waals surface area contributed by atoms with Gasteiger partial charge in [0.15, 0.2) is 0 Å². The second kappa shape index (κ2) is 8.35. The predicted octanol–water partition coefficient (Wildman–Crippen LogP) is 4.02. The Bertz CT molecular complexity index is 1040. The van der Waals surface area contributed by atoms with Gasteiger partial charge in [-0.3, -0.25) is 4.90 Å². The average molecular weight is 383 g/mol. The molecular formula is C22H25NO5. The molecule has 0 atom stereocenters. The largest absolute Gasteiger partial charge is 0.507 e. The molecule has 0 saturated heterocycles. The molecule has 28 heavy (non-hydrogen) atoms. The van der Waals surface area contributed by atoms with Crippen molar-refractivity contribution in [1.29, 1.82) is 0 Å². The summed E-state index contributed by atoms with van der Waals surface area (Å²) in [6.07, 6.45) is 0. The molecule has 3 aromatic rings. The van der Waals surface area contributed by atoms with E-state index >= 15 is 0 Å². The van der Waals surface area contributed by atoms with Gasteiger partial charge in [0.05, 0.1) is 25.3 Å². The first kappa shape index (κ1) is 19.8. The molecular weight excluding hydrogens is 358 g/mol. The lowest BCUT2D eigenvalue weighted by atomic mass is 10.0. The highest BCUT2D eigenvalue weighted by molar-refractivity contribution is 5.86. The minimum absolute atomic E-state index is 0.120. The average Bonchev–Trinajstić information content (AvgIpc) is 2.72. The number of fused-ring (bicyclic) bond motifs is 1. The highest BCUT2D eigenvalue weighted by atomic mass is 16.5. The first-order valence-electron chi connectivity index (χ1n) is 9.25. The van der Waals surface area contributed by atoms with Crippen LogP contribution in [0.1, 0.15) is 19.4 Å². The minimum Gasteiger partial charge on any atom is -0.507 e. The lowest BCUT2D eigenvalue weighted by Crippen LogP contribution is -2.22. The molecule has 2 aromatic carbocycles. The molecule has 0 saturated carbocycles. The van der Waals surface area contributed by atoms with Gasteiger partial charge < -0.3 is 19.0 Å². The standard InChI is InChI=1S/C22H25NO5/c1-5-23(6-2)13-18-19(24)9-7-14-11-17(22(25)28-21(14)18)16-12-15(26-3)8-10-20(16)27-4/h7-12,24H,5-6,13H2,1-4H3. The second-order valence-corrected chi connectivity index (χ2v) is 6.46. The van der Waals surface area contributed by atoms with Crippen molar-refractivity contribution in [3.05, 3.63) is 52.4 Å². The highest BCUT2D eigenvalue weighted by Crippen LogP contribution is 2.35. The van der Waals surface area contributed by atoms with Crippen molar-refractivity contribution in [3.63, 3.8) is 0 Å². The zero-order valence-electron chi connectivity index (χ0n) is 16.6. The zero-order valence-corrected chi connectivity index (χ0v) is 16.6. The van der Waals surface area contributed by atoms with E-state index in [-0.39, 0.29) is 5.75 Å². The fourth-order valence-electron chi connectivity index (χ4n) is 3.27. The normalized spacial score (nSPS) is 11.2. The maximum Gasteiger partial charge on any atom is 0.344 e. The molecule has 0 spiro atoms. The number of ether oxygens (including phenoxy) is 2. The predicted molar refractivity (Wildman–Crippen MR) is 109 cm³/mol. The van der Waals surface area contributed by atoms with Crippen molar-refractivity contribution < 1.29 is 19.0 Å². The summed E-state index contributed by atoms with van der Waals surface area (Å²) in [5.74, 6) is 1.28. The lowest BCUT2D eigenvalue weighted by Gasteiger charge is -2.19. The molecule has 0 fully saturated rings.